The maximum absolute atomic E-state index is 10.4. The van der Waals surface area contributed by atoms with Crippen molar-refractivity contribution in [1.82, 2.24) is 4.90 Å². The molecule has 0 unspecified atom stereocenters. The molecule has 0 aromatic carbocycles. The maximum atomic E-state index is 10.4. The van der Waals surface area contributed by atoms with Crippen LogP contribution in [0.1, 0.15) is 6.92 Å². The molecule has 0 saturated heterocycles. The van der Waals surface area contributed by atoms with Crippen LogP contribution in [0.2, 0.25) is 0 Å². The Labute approximate surface area is 85.2 Å². The van der Waals surface area contributed by atoms with Crippen LogP contribution < -0.4 is 0 Å². The van der Waals surface area contributed by atoms with Gasteiger partial charge in [-0.2, -0.15) is 0 Å². The molecule has 0 aliphatic heterocycles. The molecule has 0 fully saturated rings. The second-order valence-electron chi connectivity index (χ2n) is 2.81. The van der Waals surface area contributed by atoms with Crippen molar-refractivity contribution in [2.24, 2.45) is 0 Å². The Balaban J connectivity index is 4.62. The van der Waals surface area contributed by atoms with Gasteiger partial charge in [0.2, 0.25) is 0 Å². The molecule has 0 radical (unpaired) electrons. The van der Waals surface area contributed by atoms with E-state index < -0.39 is 31.0 Å². The molecule has 0 aromatic rings. The zero-order chi connectivity index (χ0) is 12.0. The molecule has 0 aliphatic rings. The first-order valence-electron chi connectivity index (χ1n) is 3.92. The first kappa shape index (κ1) is 12.9. The normalized spacial score (nSPS) is 10.9. The third-order valence-corrected chi connectivity index (χ3v) is 1.39. The second kappa shape index (κ2) is 5.63. The van der Waals surface area contributed by atoms with E-state index in [2.05, 4.69) is 0 Å². The first-order valence-corrected chi connectivity index (χ1v) is 3.92. The van der Waals surface area contributed by atoms with Gasteiger partial charge in [0.15, 0.2) is 0 Å². The molecule has 0 atom stereocenters. The van der Waals surface area contributed by atoms with Gasteiger partial charge in [-0.3, -0.25) is 9.59 Å². The van der Waals surface area contributed by atoms with Crippen molar-refractivity contribution in [3.8, 4) is 0 Å². The molecule has 15 heavy (non-hydrogen) atoms. The fraction of sp³-hybridized carbons (Fsp3) is 0.375. The van der Waals surface area contributed by atoms with Gasteiger partial charge in [0.05, 0.1) is 0 Å². The van der Waals surface area contributed by atoms with Gasteiger partial charge in [0.1, 0.15) is 13.1 Å². The van der Waals surface area contributed by atoms with Gasteiger partial charge in [0.25, 0.3) is 0 Å². The molecule has 0 amide bonds. The molecule has 7 nitrogen and oxygen atoms in total. The van der Waals surface area contributed by atoms with E-state index in [9.17, 15) is 14.4 Å². The summed E-state index contributed by atoms with van der Waals surface area (Å²) in [6.45, 7) is 0.132. The van der Waals surface area contributed by atoms with Gasteiger partial charge in [-0.1, -0.05) is 0 Å². The van der Waals surface area contributed by atoms with Crippen LogP contribution in [0, 0.1) is 0 Å². The summed E-state index contributed by atoms with van der Waals surface area (Å²) in [5.41, 5.74) is -0.127. The summed E-state index contributed by atoms with van der Waals surface area (Å²) < 4.78 is 0. The topological polar surface area (TPSA) is 115 Å². The maximum Gasteiger partial charge on any atom is 0.332 e. The quantitative estimate of drug-likeness (QED) is 0.511. The van der Waals surface area contributed by atoms with Crippen molar-refractivity contribution in [2.75, 3.05) is 13.1 Å². The Morgan fingerprint density at radius 1 is 1.07 bits per heavy atom. The number of rotatable bonds is 6. The van der Waals surface area contributed by atoms with Crippen LogP contribution in [0.5, 0.6) is 0 Å². The van der Waals surface area contributed by atoms with Gasteiger partial charge < -0.3 is 20.2 Å². The average molecular weight is 217 g/mol. The molecule has 84 valence electrons. The number of carboxylic acid groups (broad SMARTS) is 3. The third kappa shape index (κ3) is 6.08. The minimum atomic E-state index is -1.23. The Morgan fingerprint density at radius 3 is 1.73 bits per heavy atom. The van der Waals surface area contributed by atoms with Gasteiger partial charge in [0, 0.05) is 11.8 Å². The van der Waals surface area contributed by atoms with E-state index in [0.29, 0.717) is 0 Å². The van der Waals surface area contributed by atoms with Crippen LogP contribution in [0.15, 0.2) is 11.8 Å². The van der Waals surface area contributed by atoms with Crippen molar-refractivity contribution in [1.29, 1.82) is 0 Å². The highest BCUT2D eigenvalue weighted by molar-refractivity contribution is 5.85. The van der Waals surface area contributed by atoms with E-state index in [0.717, 1.165) is 11.1 Å². The van der Waals surface area contributed by atoms with Crippen LogP contribution >= 0.6 is 0 Å². The summed E-state index contributed by atoms with van der Waals surface area (Å²) >= 11 is 0. The molecule has 7 heteroatoms. The number of carboxylic acids is 3. The standard InChI is InChI=1S/C8H11NO6/c1-5(8(14)15)2-9(3-6(10)11)4-7(12)13/h2H,3-4H2,1H3,(H,10,11)(H,12,13)(H,14,15). The fourth-order valence-corrected chi connectivity index (χ4v) is 0.824. The van der Waals surface area contributed by atoms with Crippen LogP contribution in [0.4, 0.5) is 0 Å². The Kier molecular flexibility index (Phi) is 4.86. The van der Waals surface area contributed by atoms with E-state index >= 15 is 0 Å². The van der Waals surface area contributed by atoms with Crippen LogP contribution in [0.25, 0.3) is 0 Å². The lowest BCUT2D eigenvalue weighted by molar-refractivity contribution is -0.141. The van der Waals surface area contributed by atoms with E-state index in [4.69, 9.17) is 15.3 Å². The van der Waals surface area contributed by atoms with Crippen molar-refractivity contribution in [3.05, 3.63) is 11.8 Å². The van der Waals surface area contributed by atoms with Gasteiger partial charge >= 0.3 is 17.9 Å². The van der Waals surface area contributed by atoms with Crippen LogP contribution in [-0.2, 0) is 14.4 Å². The summed E-state index contributed by atoms with van der Waals surface area (Å²) in [6.07, 6.45) is 0.991. The Bertz CT molecular complexity index is 292. The molecule has 0 spiro atoms. The van der Waals surface area contributed by atoms with E-state index in [1.807, 2.05) is 0 Å². The largest absolute Gasteiger partial charge is 0.480 e. The smallest absolute Gasteiger partial charge is 0.332 e. The zero-order valence-electron chi connectivity index (χ0n) is 8.01. The van der Waals surface area contributed by atoms with Crippen LogP contribution in [0.3, 0.4) is 0 Å². The summed E-state index contributed by atoms with van der Waals surface area (Å²) in [5.74, 6) is -3.69. The summed E-state index contributed by atoms with van der Waals surface area (Å²) in [6, 6.07) is 0. The summed E-state index contributed by atoms with van der Waals surface area (Å²) in [4.78, 5) is 32.0. The van der Waals surface area contributed by atoms with Crippen molar-refractivity contribution < 1.29 is 29.7 Å². The predicted molar refractivity (Wildman–Crippen MR) is 48.2 cm³/mol. The molecule has 3 N–H and O–H groups in total. The Morgan fingerprint density at radius 2 is 1.47 bits per heavy atom. The van der Waals surface area contributed by atoms with Crippen molar-refractivity contribution >= 4 is 17.9 Å². The van der Waals surface area contributed by atoms with E-state index in [1.165, 1.54) is 6.92 Å². The number of hydrogen-bond donors (Lipinski definition) is 3. The van der Waals surface area contributed by atoms with Crippen molar-refractivity contribution in [2.45, 2.75) is 6.92 Å². The number of nitrogens with zero attached hydrogens (tertiary/aromatic N) is 1. The summed E-state index contributed by atoms with van der Waals surface area (Å²) in [5, 5.41) is 25.4. The van der Waals surface area contributed by atoms with Crippen LogP contribution in [-0.4, -0.2) is 51.2 Å². The molecule has 0 saturated carbocycles. The number of aliphatic carboxylic acids is 3. The fourth-order valence-electron chi connectivity index (χ4n) is 0.824. The monoisotopic (exact) mass is 217 g/mol. The van der Waals surface area contributed by atoms with Crippen molar-refractivity contribution in [3.63, 3.8) is 0 Å². The summed E-state index contributed by atoms with van der Waals surface area (Å²) in [7, 11) is 0. The molecular formula is C8H11NO6. The lowest BCUT2D eigenvalue weighted by atomic mass is 10.3. The average Bonchev–Trinajstić information content (AvgIpc) is 2.00. The highest BCUT2D eigenvalue weighted by Gasteiger charge is 2.11. The SMILES string of the molecule is CC(=CN(CC(=O)O)CC(=O)O)C(=O)O. The zero-order valence-corrected chi connectivity index (χ0v) is 8.01. The number of hydrogen-bond acceptors (Lipinski definition) is 4. The molecule has 0 rings (SSSR count). The predicted octanol–water partition coefficient (Wildman–Crippen LogP) is -0.554. The number of carbonyl (C=O) groups is 3. The first-order chi connectivity index (χ1) is 6.82. The lowest BCUT2D eigenvalue weighted by Crippen LogP contribution is -2.30. The van der Waals surface area contributed by atoms with Gasteiger partial charge in [-0.05, 0) is 6.92 Å². The Hall–Kier alpha value is -2.05. The molecular weight excluding hydrogens is 206 g/mol. The second-order valence-corrected chi connectivity index (χ2v) is 2.81. The third-order valence-electron chi connectivity index (χ3n) is 1.39. The molecule has 0 aliphatic carbocycles. The highest BCUT2D eigenvalue weighted by Crippen LogP contribution is 1.98. The minimum absolute atomic E-state index is 0.127. The molecule has 0 aromatic heterocycles. The molecule has 0 bridgehead atoms. The van der Waals surface area contributed by atoms with Gasteiger partial charge in [-0.15, -0.1) is 0 Å². The van der Waals surface area contributed by atoms with Gasteiger partial charge in [-0.25, -0.2) is 4.79 Å². The molecule has 0 heterocycles. The van der Waals surface area contributed by atoms with E-state index in [-0.39, 0.29) is 5.57 Å². The highest BCUT2D eigenvalue weighted by atomic mass is 16.4. The minimum Gasteiger partial charge on any atom is -0.480 e. The van der Waals surface area contributed by atoms with E-state index in [1.54, 1.807) is 0 Å². The lowest BCUT2D eigenvalue weighted by Gasteiger charge is -2.15.